The number of hydrogen-bond donors (Lipinski definition) is 2. The maximum atomic E-state index is 12.3. The molecule has 1 aliphatic rings. The smallest absolute Gasteiger partial charge is 0.315 e. The highest BCUT2D eigenvalue weighted by molar-refractivity contribution is 5.86. The van der Waals surface area contributed by atoms with E-state index in [0.29, 0.717) is 0 Å². The van der Waals surface area contributed by atoms with E-state index < -0.39 is 0 Å². The molecule has 1 fully saturated rings. The van der Waals surface area contributed by atoms with E-state index in [0.717, 1.165) is 31.5 Å². The van der Waals surface area contributed by atoms with Gasteiger partial charge in [-0.05, 0) is 49.7 Å². The number of piperidine rings is 1. The van der Waals surface area contributed by atoms with Crippen LogP contribution in [-0.4, -0.2) is 37.1 Å². The number of amides is 2. The van der Waals surface area contributed by atoms with Gasteiger partial charge in [0.2, 0.25) is 0 Å². The molecule has 0 aromatic heterocycles. The third-order valence-corrected chi connectivity index (χ3v) is 4.60. The van der Waals surface area contributed by atoms with Crippen molar-refractivity contribution in [2.75, 3.05) is 20.1 Å². The van der Waals surface area contributed by atoms with Crippen LogP contribution in [0.5, 0.6) is 0 Å². The number of likely N-dealkylation sites (N-methyl/N-ethyl adjacent to an activating group) is 1. The van der Waals surface area contributed by atoms with Crippen LogP contribution in [0.4, 0.5) is 4.79 Å². The third kappa shape index (κ3) is 3.82. The minimum atomic E-state index is -0.0780. The van der Waals surface area contributed by atoms with Crippen molar-refractivity contribution in [2.24, 2.45) is 0 Å². The summed E-state index contributed by atoms with van der Waals surface area (Å²) in [4.78, 5) is 14.6. The highest BCUT2D eigenvalue weighted by Crippen LogP contribution is 2.24. The molecule has 0 aliphatic carbocycles. The summed E-state index contributed by atoms with van der Waals surface area (Å²) >= 11 is 0. The lowest BCUT2D eigenvalue weighted by Gasteiger charge is -2.30. The molecule has 2 aromatic carbocycles. The molecule has 0 saturated carbocycles. The zero-order valence-electron chi connectivity index (χ0n) is 13.9. The van der Waals surface area contributed by atoms with Crippen LogP contribution in [0.25, 0.3) is 10.8 Å². The van der Waals surface area contributed by atoms with Gasteiger partial charge in [0.15, 0.2) is 0 Å². The van der Waals surface area contributed by atoms with Gasteiger partial charge in [-0.15, -0.1) is 0 Å². The van der Waals surface area contributed by atoms with E-state index >= 15 is 0 Å². The summed E-state index contributed by atoms with van der Waals surface area (Å²) in [6, 6.07) is 14.7. The summed E-state index contributed by atoms with van der Waals surface area (Å²) in [5.74, 6) is 0. The number of urea groups is 1. The van der Waals surface area contributed by atoms with Crippen molar-refractivity contribution in [1.82, 2.24) is 15.5 Å². The largest absolute Gasteiger partial charge is 0.334 e. The van der Waals surface area contributed by atoms with Gasteiger partial charge >= 0.3 is 6.03 Å². The number of likely N-dealkylation sites (tertiary alicyclic amines) is 1. The number of hydrogen-bond acceptors (Lipinski definition) is 2. The molecule has 4 heteroatoms. The van der Waals surface area contributed by atoms with E-state index in [1.165, 1.54) is 10.8 Å². The van der Waals surface area contributed by atoms with E-state index in [2.05, 4.69) is 46.8 Å². The lowest BCUT2D eigenvalue weighted by Crippen LogP contribution is -2.49. The Hall–Kier alpha value is -2.07. The maximum absolute atomic E-state index is 12.3. The first-order chi connectivity index (χ1) is 11.1. The van der Waals surface area contributed by atoms with Gasteiger partial charge in [-0.3, -0.25) is 0 Å². The van der Waals surface area contributed by atoms with Crippen molar-refractivity contribution in [2.45, 2.75) is 31.8 Å². The Balaban J connectivity index is 1.66. The van der Waals surface area contributed by atoms with Gasteiger partial charge < -0.3 is 15.5 Å². The number of carbonyl (C=O) groups excluding carboxylic acids is 1. The van der Waals surface area contributed by atoms with Gasteiger partial charge in [0.05, 0.1) is 6.04 Å². The Morgan fingerprint density at radius 2 is 2.00 bits per heavy atom. The van der Waals surface area contributed by atoms with Crippen LogP contribution in [0, 0.1) is 0 Å². The molecule has 2 aromatic rings. The topological polar surface area (TPSA) is 44.4 Å². The molecule has 1 aliphatic heterocycles. The summed E-state index contributed by atoms with van der Waals surface area (Å²) in [6.07, 6.45) is 2.20. The second-order valence-corrected chi connectivity index (χ2v) is 6.51. The van der Waals surface area contributed by atoms with Crippen LogP contribution in [-0.2, 0) is 0 Å². The zero-order valence-corrected chi connectivity index (χ0v) is 13.9. The Kier molecular flexibility index (Phi) is 4.82. The number of nitrogens with one attached hydrogen (secondary N) is 2. The van der Waals surface area contributed by atoms with Gasteiger partial charge in [0.1, 0.15) is 0 Å². The number of benzene rings is 2. The van der Waals surface area contributed by atoms with E-state index in [1.54, 1.807) is 0 Å². The molecule has 2 N–H and O–H groups in total. The quantitative estimate of drug-likeness (QED) is 0.913. The SMILES string of the molecule is C[C@@H](NC(=O)N[C@H]1CCCN(C)C1)c1cccc2ccccc12. The summed E-state index contributed by atoms with van der Waals surface area (Å²) < 4.78 is 0. The van der Waals surface area contributed by atoms with Crippen molar-refractivity contribution in [3.8, 4) is 0 Å². The molecule has 3 rings (SSSR count). The van der Waals surface area contributed by atoms with Crippen molar-refractivity contribution in [1.29, 1.82) is 0 Å². The lowest BCUT2D eigenvalue weighted by atomic mass is 10.00. The predicted molar refractivity (Wildman–Crippen MR) is 94.5 cm³/mol. The molecule has 0 unspecified atom stereocenters. The summed E-state index contributed by atoms with van der Waals surface area (Å²) in [5.41, 5.74) is 1.15. The summed E-state index contributed by atoms with van der Waals surface area (Å²) in [7, 11) is 2.10. The molecule has 122 valence electrons. The second-order valence-electron chi connectivity index (χ2n) is 6.51. The fraction of sp³-hybridized carbons (Fsp3) is 0.421. The summed E-state index contributed by atoms with van der Waals surface area (Å²) in [5, 5.41) is 8.58. The van der Waals surface area contributed by atoms with Crippen LogP contribution < -0.4 is 10.6 Å². The number of carbonyl (C=O) groups is 1. The first kappa shape index (κ1) is 15.8. The van der Waals surface area contributed by atoms with Gasteiger partial charge in [-0.25, -0.2) is 4.79 Å². The fourth-order valence-corrected chi connectivity index (χ4v) is 3.41. The number of rotatable bonds is 3. The Bertz CT molecular complexity index is 680. The lowest BCUT2D eigenvalue weighted by molar-refractivity contribution is 0.207. The van der Waals surface area contributed by atoms with Crippen LogP contribution in [0.15, 0.2) is 42.5 Å². The van der Waals surface area contributed by atoms with E-state index in [9.17, 15) is 4.79 Å². The Morgan fingerprint density at radius 1 is 1.22 bits per heavy atom. The Labute approximate surface area is 137 Å². The van der Waals surface area contributed by atoms with Crippen molar-refractivity contribution in [3.63, 3.8) is 0 Å². The highest BCUT2D eigenvalue weighted by Gasteiger charge is 2.20. The second kappa shape index (κ2) is 7.01. The first-order valence-corrected chi connectivity index (χ1v) is 8.37. The molecule has 0 bridgehead atoms. The molecular formula is C19H25N3O. The standard InChI is InChI=1S/C19H25N3O/c1-14(17-11-5-8-15-7-3-4-10-18(15)17)20-19(23)21-16-9-6-12-22(2)13-16/h3-5,7-8,10-11,14,16H,6,9,12-13H2,1-2H3,(H2,20,21,23)/t14-,16+/m1/s1. The highest BCUT2D eigenvalue weighted by atomic mass is 16.2. The molecule has 1 saturated heterocycles. The van der Waals surface area contributed by atoms with Crippen LogP contribution in [0.3, 0.4) is 0 Å². The minimum Gasteiger partial charge on any atom is -0.334 e. The molecule has 23 heavy (non-hydrogen) atoms. The maximum Gasteiger partial charge on any atom is 0.315 e. The van der Waals surface area contributed by atoms with Gasteiger partial charge in [-0.2, -0.15) is 0 Å². The first-order valence-electron chi connectivity index (χ1n) is 8.37. The molecule has 1 heterocycles. The average Bonchev–Trinajstić information content (AvgIpc) is 2.54. The molecule has 2 atom stereocenters. The molecule has 4 nitrogen and oxygen atoms in total. The van der Waals surface area contributed by atoms with Crippen LogP contribution >= 0.6 is 0 Å². The van der Waals surface area contributed by atoms with Crippen molar-refractivity contribution >= 4 is 16.8 Å². The van der Waals surface area contributed by atoms with Crippen LogP contribution in [0.1, 0.15) is 31.4 Å². The van der Waals surface area contributed by atoms with Crippen molar-refractivity contribution < 1.29 is 4.79 Å². The number of fused-ring (bicyclic) bond motifs is 1. The van der Waals surface area contributed by atoms with E-state index in [4.69, 9.17) is 0 Å². The average molecular weight is 311 g/mol. The van der Waals surface area contributed by atoms with Crippen molar-refractivity contribution in [3.05, 3.63) is 48.0 Å². The fourth-order valence-electron chi connectivity index (χ4n) is 3.41. The van der Waals surface area contributed by atoms with E-state index in [1.807, 2.05) is 25.1 Å². The molecule has 0 spiro atoms. The van der Waals surface area contributed by atoms with Gasteiger partial charge in [-0.1, -0.05) is 42.5 Å². The third-order valence-electron chi connectivity index (χ3n) is 4.60. The minimum absolute atomic E-state index is 0.0255. The van der Waals surface area contributed by atoms with Crippen LogP contribution in [0.2, 0.25) is 0 Å². The Morgan fingerprint density at radius 3 is 2.83 bits per heavy atom. The van der Waals surface area contributed by atoms with E-state index in [-0.39, 0.29) is 18.1 Å². The predicted octanol–water partition coefficient (Wildman–Crippen LogP) is 3.29. The summed E-state index contributed by atoms with van der Waals surface area (Å²) in [6.45, 7) is 4.08. The van der Waals surface area contributed by atoms with Gasteiger partial charge in [0, 0.05) is 12.6 Å². The normalized spacial score (nSPS) is 20.2. The molecular weight excluding hydrogens is 286 g/mol. The monoisotopic (exact) mass is 311 g/mol. The molecule has 2 amide bonds. The van der Waals surface area contributed by atoms with Gasteiger partial charge in [0.25, 0.3) is 0 Å². The molecule has 0 radical (unpaired) electrons. The zero-order chi connectivity index (χ0) is 16.2. The number of nitrogens with zero attached hydrogens (tertiary/aromatic N) is 1.